The molecule has 1 N–H and O–H groups in total. The average molecular weight is 167 g/mol. The molecule has 0 fully saturated rings. The minimum atomic E-state index is -0.226. The Balaban J connectivity index is 0.000000845. The molecule has 0 spiro atoms. The Morgan fingerprint density at radius 3 is 3.25 bits per heavy atom. The lowest BCUT2D eigenvalue weighted by Crippen LogP contribution is -2.24. The second kappa shape index (κ2) is 2.77. The van der Waals surface area contributed by atoms with Crippen LogP contribution in [0, 0.1) is 0 Å². The van der Waals surface area contributed by atoms with Crippen LogP contribution in [0.25, 0.3) is 0 Å². The summed E-state index contributed by atoms with van der Waals surface area (Å²) in [5.41, 5.74) is 0.259. The van der Waals surface area contributed by atoms with Gasteiger partial charge in [0.15, 0.2) is 5.69 Å². The SMILES string of the molecule is O=C1NCCOc2nccnc21.[HH]. The Morgan fingerprint density at radius 1 is 1.50 bits per heavy atom. The number of nitrogens with zero attached hydrogens (tertiary/aromatic N) is 2. The molecule has 0 atom stereocenters. The van der Waals surface area contributed by atoms with Crippen molar-refractivity contribution < 1.29 is 11.0 Å². The van der Waals surface area contributed by atoms with Crippen LogP contribution < -0.4 is 10.1 Å². The van der Waals surface area contributed by atoms with Gasteiger partial charge in [0.1, 0.15) is 6.61 Å². The summed E-state index contributed by atoms with van der Waals surface area (Å²) in [6.45, 7) is 0.939. The fourth-order valence-corrected chi connectivity index (χ4v) is 0.983. The molecule has 1 aromatic rings. The van der Waals surface area contributed by atoms with Gasteiger partial charge >= 0.3 is 0 Å². The van der Waals surface area contributed by atoms with Crippen LogP contribution in [0.3, 0.4) is 0 Å². The molecule has 12 heavy (non-hydrogen) atoms. The van der Waals surface area contributed by atoms with Crippen LogP contribution in [0.4, 0.5) is 0 Å². The molecule has 0 aromatic carbocycles. The van der Waals surface area contributed by atoms with E-state index in [2.05, 4.69) is 15.3 Å². The van der Waals surface area contributed by atoms with E-state index in [-0.39, 0.29) is 13.0 Å². The number of ether oxygens (including phenoxy) is 1. The highest BCUT2D eigenvalue weighted by Gasteiger charge is 2.17. The minimum absolute atomic E-state index is 0. The van der Waals surface area contributed by atoms with Gasteiger partial charge in [0.05, 0.1) is 6.54 Å². The van der Waals surface area contributed by atoms with E-state index in [0.717, 1.165) is 0 Å². The summed E-state index contributed by atoms with van der Waals surface area (Å²) >= 11 is 0. The van der Waals surface area contributed by atoms with E-state index in [1.54, 1.807) is 0 Å². The molecule has 0 saturated heterocycles. The highest BCUT2D eigenvalue weighted by Crippen LogP contribution is 2.12. The molecule has 0 saturated carbocycles. The topological polar surface area (TPSA) is 64.1 Å². The lowest BCUT2D eigenvalue weighted by atomic mass is 10.4. The molecule has 64 valence electrons. The van der Waals surface area contributed by atoms with Crippen molar-refractivity contribution in [1.82, 2.24) is 15.3 Å². The summed E-state index contributed by atoms with van der Waals surface area (Å²) < 4.78 is 5.16. The fourth-order valence-electron chi connectivity index (χ4n) is 0.983. The Labute approximate surface area is 70.3 Å². The third kappa shape index (κ3) is 1.09. The van der Waals surface area contributed by atoms with E-state index >= 15 is 0 Å². The molecule has 1 aliphatic heterocycles. The van der Waals surface area contributed by atoms with Crippen LogP contribution in [-0.4, -0.2) is 29.0 Å². The standard InChI is InChI=1S/C7H7N3O2.H2/c11-6-5-7(10-2-1-8-5)12-4-3-9-6;/h1-2H,3-4H2,(H,9,11);1H. The molecule has 1 amide bonds. The monoisotopic (exact) mass is 167 g/mol. The van der Waals surface area contributed by atoms with Crippen molar-refractivity contribution in [2.45, 2.75) is 0 Å². The first kappa shape index (κ1) is 7.02. The van der Waals surface area contributed by atoms with Gasteiger partial charge in [-0.3, -0.25) is 4.79 Å². The van der Waals surface area contributed by atoms with E-state index in [4.69, 9.17) is 4.74 Å². The summed E-state index contributed by atoms with van der Waals surface area (Å²) in [7, 11) is 0. The highest BCUT2D eigenvalue weighted by atomic mass is 16.5. The average Bonchev–Trinajstić information content (AvgIpc) is 2.29. The van der Waals surface area contributed by atoms with E-state index in [9.17, 15) is 4.79 Å². The molecule has 2 heterocycles. The number of fused-ring (bicyclic) bond motifs is 1. The maximum atomic E-state index is 11.2. The minimum Gasteiger partial charge on any atom is -0.474 e. The maximum Gasteiger partial charge on any atom is 0.275 e. The van der Waals surface area contributed by atoms with E-state index in [0.29, 0.717) is 19.0 Å². The molecular weight excluding hydrogens is 158 g/mol. The molecule has 0 aliphatic carbocycles. The zero-order valence-electron chi connectivity index (χ0n) is 6.28. The van der Waals surface area contributed by atoms with Crippen molar-refractivity contribution in [2.75, 3.05) is 13.2 Å². The molecule has 5 nitrogen and oxygen atoms in total. The zero-order valence-corrected chi connectivity index (χ0v) is 6.28. The van der Waals surface area contributed by atoms with Crippen molar-refractivity contribution in [1.29, 1.82) is 0 Å². The van der Waals surface area contributed by atoms with E-state index < -0.39 is 0 Å². The lowest BCUT2D eigenvalue weighted by Gasteiger charge is -1.99. The largest absolute Gasteiger partial charge is 0.474 e. The summed E-state index contributed by atoms with van der Waals surface area (Å²) in [4.78, 5) is 19.0. The number of hydrogen-bond acceptors (Lipinski definition) is 4. The molecule has 0 unspecified atom stereocenters. The van der Waals surface area contributed by atoms with Gasteiger partial charge in [0, 0.05) is 13.8 Å². The predicted octanol–water partition coefficient (Wildman–Crippen LogP) is -0.155. The van der Waals surface area contributed by atoms with Crippen LogP contribution in [0.15, 0.2) is 12.4 Å². The first-order valence-electron chi connectivity index (χ1n) is 3.60. The zero-order chi connectivity index (χ0) is 8.39. The van der Waals surface area contributed by atoms with E-state index in [1.807, 2.05) is 0 Å². The van der Waals surface area contributed by atoms with Crippen LogP contribution >= 0.6 is 0 Å². The molecule has 2 rings (SSSR count). The van der Waals surface area contributed by atoms with Gasteiger partial charge < -0.3 is 10.1 Å². The smallest absolute Gasteiger partial charge is 0.275 e. The molecule has 5 heteroatoms. The normalized spacial score (nSPS) is 15.5. The second-order valence-corrected chi connectivity index (χ2v) is 2.31. The van der Waals surface area contributed by atoms with Crippen LogP contribution in [0.2, 0.25) is 0 Å². The summed E-state index contributed by atoms with van der Waals surface area (Å²) in [6.07, 6.45) is 2.96. The maximum absolute atomic E-state index is 11.2. The Bertz CT molecular complexity index is 318. The highest BCUT2D eigenvalue weighted by molar-refractivity contribution is 5.94. The summed E-state index contributed by atoms with van der Waals surface area (Å²) in [5.74, 6) is 0.0862. The number of aromatic nitrogens is 2. The van der Waals surface area contributed by atoms with Gasteiger partial charge in [0.25, 0.3) is 5.91 Å². The van der Waals surface area contributed by atoms with Crippen molar-refractivity contribution in [3.05, 3.63) is 18.1 Å². The van der Waals surface area contributed by atoms with Crippen LogP contribution in [0.1, 0.15) is 11.9 Å². The van der Waals surface area contributed by atoms with Crippen molar-refractivity contribution in [2.24, 2.45) is 0 Å². The number of amides is 1. The number of nitrogens with one attached hydrogen (secondary N) is 1. The van der Waals surface area contributed by atoms with Crippen molar-refractivity contribution in [3.8, 4) is 5.88 Å². The lowest BCUT2D eigenvalue weighted by molar-refractivity contribution is 0.0952. The van der Waals surface area contributed by atoms with Gasteiger partial charge in [-0.15, -0.1) is 0 Å². The van der Waals surface area contributed by atoms with Gasteiger partial charge in [-0.25, -0.2) is 9.97 Å². The number of rotatable bonds is 0. The molecule has 0 bridgehead atoms. The first-order valence-corrected chi connectivity index (χ1v) is 3.60. The fraction of sp³-hybridized carbons (Fsp3) is 0.286. The number of hydrogen-bond donors (Lipinski definition) is 1. The van der Waals surface area contributed by atoms with Crippen LogP contribution in [0.5, 0.6) is 5.88 Å². The van der Waals surface area contributed by atoms with Crippen LogP contribution in [-0.2, 0) is 0 Å². The molecule has 1 aromatic heterocycles. The Kier molecular flexibility index (Phi) is 1.62. The third-order valence-corrected chi connectivity index (χ3v) is 1.51. The van der Waals surface area contributed by atoms with Gasteiger partial charge in [0.2, 0.25) is 5.88 Å². The predicted molar refractivity (Wildman–Crippen MR) is 42.0 cm³/mol. The quantitative estimate of drug-likeness (QED) is 0.583. The number of carbonyl (C=O) groups is 1. The van der Waals surface area contributed by atoms with Gasteiger partial charge in [-0.1, -0.05) is 0 Å². The molecule has 0 radical (unpaired) electrons. The molecular formula is C7H9N3O2. The molecule has 1 aliphatic rings. The summed E-state index contributed by atoms with van der Waals surface area (Å²) in [6, 6.07) is 0. The first-order chi connectivity index (χ1) is 5.88. The van der Waals surface area contributed by atoms with Crippen molar-refractivity contribution >= 4 is 5.91 Å². The van der Waals surface area contributed by atoms with Gasteiger partial charge in [-0.2, -0.15) is 0 Å². The number of carbonyl (C=O) groups excluding carboxylic acids is 1. The van der Waals surface area contributed by atoms with Crippen molar-refractivity contribution in [3.63, 3.8) is 0 Å². The second-order valence-electron chi connectivity index (χ2n) is 2.31. The summed E-state index contributed by atoms with van der Waals surface area (Å²) in [5, 5.41) is 2.63. The van der Waals surface area contributed by atoms with Gasteiger partial charge in [-0.05, 0) is 0 Å². The van der Waals surface area contributed by atoms with E-state index in [1.165, 1.54) is 12.4 Å². The Morgan fingerprint density at radius 2 is 2.33 bits per heavy atom. The Hall–Kier alpha value is -1.65. The third-order valence-electron chi connectivity index (χ3n) is 1.51.